The van der Waals surface area contributed by atoms with Gasteiger partial charge in [-0.2, -0.15) is 0 Å². The zero-order valence-electron chi connectivity index (χ0n) is 20.8. The van der Waals surface area contributed by atoms with Gasteiger partial charge in [0, 0.05) is 11.0 Å². The molecule has 3 rings (SSSR count). The van der Waals surface area contributed by atoms with Crippen LogP contribution in [0.25, 0.3) is 0 Å². The zero-order chi connectivity index (χ0) is 27.5. The van der Waals surface area contributed by atoms with Crippen molar-refractivity contribution in [3.63, 3.8) is 0 Å². The molecule has 3 aromatic carbocycles. The SMILES string of the molecule is C=CCN(CCOc1ccc(C(=O)O)cc1)C(=O)Cc1ccc(NC(=O)Nc2ccccc2Br)c(OC)c1. The molecule has 0 radical (unpaired) electrons. The average Bonchev–Trinajstić information content (AvgIpc) is 2.90. The third-order valence-electron chi connectivity index (χ3n) is 5.42. The molecule has 0 aliphatic heterocycles. The molecule has 0 fully saturated rings. The number of hydrogen-bond donors (Lipinski definition) is 3. The number of rotatable bonds is 12. The first-order valence-electron chi connectivity index (χ1n) is 11.6. The number of urea groups is 1. The highest BCUT2D eigenvalue weighted by molar-refractivity contribution is 9.10. The minimum atomic E-state index is -1.01. The first-order valence-corrected chi connectivity index (χ1v) is 12.4. The van der Waals surface area contributed by atoms with E-state index in [1.165, 1.54) is 19.2 Å². The molecule has 0 spiro atoms. The summed E-state index contributed by atoms with van der Waals surface area (Å²) in [4.78, 5) is 38.0. The average molecular weight is 582 g/mol. The second-order valence-electron chi connectivity index (χ2n) is 8.08. The van der Waals surface area contributed by atoms with Gasteiger partial charge in [0.25, 0.3) is 0 Å². The summed E-state index contributed by atoms with van der Waals surface area (Å²) in [5.74, 6) is -0.217. The molecule has 0 saturated carbocycles. The fourth-order valence-corrected chi connectivity index (χ4v) is 3.90. The number of carboxylic acid groups (broad SMARTS) is 1. The van der Waals surface area contributed by atoms with Crippen LogP contribution in [0.15, 0.2) is 83.9 Å². The highest BCUT2D eigenvalue weighted by atomic mass is 79.9. The number of amides is 3. The molecule has 0 heterocycles. The maximum absolute atomic E-state index is 13.0. The maximum Gasteiger partial charge on any atom is 0.335 e. The second kappa shape index (κ2) is 13.8. The highest BCUT2D eigenvalue weighted by Gasteiger charge is 2.16. The molecular weight excluding hydrogens is 554 g/mol. The predicted molar refractivity (Wildman–Crippen MR) is 149 cm³/mol. The monoisotopic (exact) mass is 581 g/mol. The number of carbonyl (C=O) groups is 3. The topological polar surface area (TPSA) is 117 Å². The van der Waals surface area contributed by atoms with E-state index in [1.54, 1.807) is 47.4 Å². The number of halogens is 1. The number of methoxy groups -OCH3 is 1. The molecule has 10 heteroatoms. The largest absolute Gasteiger partial charge is 0.495 e. The summed E-state index contributed by atoms with van der Waals surface area (Å²) in [7, 11) is 1.49. The van der Waals surface area contributed by atoms with Crippen molar-refractivity contribution in [2.75, 3.05) is 37.4 Å². The molecular formula is C28H28BrN3O6. The summed E-state index contributed by atoms with van der Waals surface area (Å²) in [6, 6.07) is 18.0. The number of benzene rings is 3. The Hall–Kier alpha value is -4.31. The lowest BCUT2D eigenvalue weighted by molar-refractivity contribution is -0.130. The quantitative estimate of drug-likeness (QED) is 0.245. The van der Waals surface area contributed by atoms with Crippen molar-refractivity contribution in [1.29, 1.82) is 0 Å². The first-order chi connectivity index (χ1) is 18.3. The molecule has 38 heavy (non-hydrogen) atoms. The number of carbonyl (C=O) groups excluding carboxylic acids is 2. The number of ether oxygens (including phenoxy) is 2. The van der Waals surface area contributed by atoms with Gasteiger partial charge >= 0.3 is 12.0 Å². The Balaban J connectivity index is 1.58. The van der Waals surface area contributed by atoms with Crippen LogP contribution in [0.1, 0.15) is 15.9 Å². The number of hydrogen-bond acceptors (Lipinski definition) is 5. The lowest BCUT2D eigenvalue weighted by Crippen LogP contribution is -2.35. The van der Waals surface area contributed by atoms with Crippen molar-refractivity contribution in [2.45, 2.75) is 6.42 Å². The molecule has 3 amide bonds. The fraction of sp³-hybridized carbons (Fsp3) is 0.179. The molecule has 0 atom stereocenters. The third kappa shape index (κ3) is 8.10. The van der Waals surface area contributed by atoms with Gasteiger partial charge in [0.15, 0.2) is 0 Å². The van der Waals surface area contributed by atoms with Crippen molar-refractivity contribution in [3.8, 4) is 11.5 Å². The van der Waals surface area contributed by atoms with Crippen molar-refractivity contribution < 1.29 is 29.0 Å². The van der Waals surface area contributed by atoms with E-state index >= 15 is 0 Å². The zero-order valence-corrected chi connectivity index (χ0v) is 22.4. The van der Waals surface area contributed by atoms with Gasteiger partial charge in [-0.1, -0.05) is 24.3 Å². The molecule has 0 aliphatic carbocycles. The van der Waals surface area contributed by atoms with Crippen LogP contribution in [-0.2, 0) is 11.2 Å². The van der Waals surface area contributed by atoms with Crippen molar-refractivity contribution in [1.82, 2.24) is 4.90 Å². The smallest absolute Gasteiger partial charge is 0.335 e. The van der Waals surface area contributed by atoms with Gasteiger partial charge < -0.3 is 30.1 Å². The lowest BCUT2D eigenvalue weighted by atomic mass is 10.1. The Kier molecular flexibility index (Phi) is 10.3. The van der Waals surface area contributed by atoms with Gasteiger partial charge in [0.2, 0.25) is 5.91 Å². The summed E-state index contributed by atoms with van der Waals surface area (Å²) in [6.45, 7) is 4.61. The normalized spacial score (nSPS) is 10.3. The van der Waals surface area contributed by atoms with Crippen LogP contribution < -0.4 is 20.1 Å². The highest BCUT2D eigenvalue weighted by Crippen LogP contribution is 2.27. The molecule has 0 aliphatic rings. The van der Waals surface area contributed by atoms with Crippen LogP contribution in [0.4, 0.5) is 16.2 Å². The molecule has 3 N–H and O–H groups in total. The van der Waals surface area contributed by atoms with E-state index in [-0.39, 0.29) is 24.5 Å². The van der Waals surface area contributed by atoms with Crippen LogP contribution in [0.3, 0.4) is 0 Å². The standard InChI is InChI=1S/C28H28BrN3O6/c1-3-14-32(15-16-38-21-11-9-20(10-12-21)27(34)35)26(33)18-19-8-13-24(25(17-19)37-2)31-28(36)30-23-7-5-4-6-22(23)29/h3-13,17H,1,14-16,18H2,2H3,(H,34,35)(H2,30,31,36). The van der Waals surface area contributed by atoms with E-state index in [1.807, 2.05) is 18.2 Å². The fourth-order valence-electron chi connectivity index (χ4n) is 3.51. The summed E-state index contributed by atoms with van der Waals surface area (Å²) in [5, 5.41) is 14.5. The minimum absolute atomic E-state index is 0.112. The molecule has 9 nitrogen and oxygen atoms in total. The predicted octanol–water partition coefficient (Wildman–Crippen LogP) is 5.44. The molecule has 198 valence electrons. The molecule has 0 bridgehead atoms. The van der Waals surface area contributed by atoms with Gasteiger partial charge in [-0.05, 0) is 70.0 Å². The van der Waals surface area contributed by atoms with Crippen molar-refractivity contribution >= 4 is 45.2 Å². The summed E-state index contributed by atoms with van der Waals surface area (Å²) >= 11 is 3.39. The molecule has 3 aromatic rings. The van der Waals surface area contributed by atoms with Crippen molar-refractivity contribution in [3.05, 3.63) is 95.0 Å². The number of para-hydroxylation sites is 1. The Bertz CT molecular complexity index is 1300. The number of aromatic carboxylic acids is 1. The van der Waals surface area contributed by atoms with Gasteiger partial charge in [0.1, 0.15) is 18.1 Å². The van der Waals surface area contributed by atoms with Gasteiger partial charge in [-0.15, -0.1) is 6.58 Å². The number of nitrogens with one attached hydrogen (secondary N) is 2. The Morgan fingerprint density at radius 1 is 1.03 bits per heavy atom. The summed E-state index contributed by atoms with van der Waals surface area (Å²) in [5.41, 5.74) is 1.96. The Morgan fingerprint density at radius 3 is 2.39 bits per heavy atom. The number of carboxylic acids is 1. The number of nitrogens with zero attached hydrogens (tertiary/aromatic N) is 1. The summed E-state index contributed by atoms with van der Waals surface area (Å²) < 4.78 is 11.9. The second-order valence-corrected chi connectivity index (χ2v) is 8.93. The Morgan fingerprint density at radius 2 is 1.74 bits per heavy atom. The van der Waals surface area contributed by atoms with E-state index in [2.05, 4.69) is 33.1 Å². The maximum atomic E-state index is 13.0. The van der Waals surface area contributed by atoms with Crippen LogP contribution in [0, 0.1) is 0 Å². The van der Waals surface area contributed by atoms with Gasteiger partial charge in [-0.3, -0.25) is 4.79 Å². The lowest BCUT2D eigenvalue weighted by Gasteiger charge is -2.22. The summed E-state index contributed by atoms with van der Waals surface area (Å²) in [6.07, 6.45) is 1.75. The minimum Gasteiger partial charge on any atom is -0.495 e. The van der Waals surface area contributed by atoms with Crippen molar-refractivity contribution in [2.24, 2.45) is 0 Å². The number of anilines is 2. The van der Waals surface area contributed by atoms with Crippen LogP contribution in [-0.4, -0.2) is 54.7 Å². The van der Waals surface area contributed by atoms with E-state index < -0.39 is 12.0 Å². The Labute approximate surface area is 229 Å². The van der Waals surface area contributed by atoms with E-state index in [9.17, 15) is 14.4 Å². The van der Waals surface area contributed by atoms with E-state index in [4.69, 9.17) is 14.6 Å². The van der Waals surface area contributed by atoms with Gasteiger partial charge in [0.05, 0.1) is 37.0 Å². The van der Waals surface area contributed by atoms with Crippen LogP contribution >= 0.6 is 15.9 Å². The van der Waals surface area contributed by atoms with Crippen LogP contribution in [0.2, 0.25) is 0 Å². The molecule has 0 aromatic heterocycles. The molecule has 0 unspecified atom stereocenters. The first kappa shape index (κ1) is 28.3. The van der Waals surface area contributed by atoms with Crippen LogP contribution in [0.5, 0.6) is 11.5 Å². The van der Waals surface area contributed by atoms with Gasteiger partial charge in [-0.25, -0.2) is 9.59 Å². The van der Waals surface area contributed by atoms with E-state index in [0.29, 0.717) is 41.5 Å². The third-order valence-corrected chi connectivity index (χ3v) is 6.12. The van der Waals surface area contributed by atoms with E-state index in [0.717, 1.165) is 4.47 Å². The molecule has 0 saturated heterocycles.